The first-order valence-electron chi connectivity index (χ1n) is 7.70. The third-order valence-electron chi connectivity index (χ3n) is 4.54. The van der Waals surface area contributed by atoms with E-state index in [1.165, 1.54) is 36.4 Å². The average Bonchev–Trinajstić information content (AvgIpc) is 3.27. The van der Waals surface area contributed by atoms with Gasteiger partial charge >= 0.3 is 5.97 Å². The number of aliphatic carboxylic acids is 1. The molecule has 0 aromatic heterocycles. The van der Waals surface area contributed by atoms with Crippen LogP contribution >= 0.6 is 0 Å². The molecule has 2 aromatic carbocycles. The molecule has 1 saturated carbocycles. The average molecular weight is 349 g/mol. The van der Waals surface area contributed by atoms with Crippen LogP contribution in [0, 0.1) is 0 Å². The first-order chi connectivity index (χ1) is 11.8. The van der Waals surface area contributed by atoms with Crippen LogP contribution in [0.15, 0.2) is 36.4 Å². The van der Waals surface area contributed by atoms with Gasteiger partial charge in [0.05, 0.1) is 0 Å². The number of nitrogens with two attached hydrogens (primary N) is 1. The van der Waals surface area contributed by atoms with Gasteiger partial charge < -0.3 is 21.1 Å². The molecule has 2 unspecified atom stereocenters. The fraction of sp³-hybridized carbons (Fsp3) is 0.278. The van der Waals surface area contributed by atoms with E-state index in [0.29, 0.717) is 5.56 Å². The fourth-order valence-electron chi connectivity index (χ4n) is 3.01. The Morgan fingerprint density at radius 3 is 2.56 bits per heavy atom. The molecule has 3 rings (SSSR count). The smallest absolute Gasteiger partial charge is 0.342 e. The van der Waals surface area contributed by atoms with Crippen molar-refractivity contribution in [3.8, 4) is 22.6 Å². The van der Waals surface area contributed by atoms with E-state index in [-0.39, 0.29) is 41.2 Å². The second-order valence-corrected chi connectivity index (χ2v) is 6.18. The van der Waals surface area contributed by atoms with E-state index < -0.39 is 23.7 Å². The zero-order valence-electron chi connectivity index (χ0n) is 13.1. The molecule has 3 atom stereocenters. The fourth-order valence-corrected chi connectivity index (χ4v) is 3.01. The molecule has 7 heteroatoms. The van der Waals surface area contributed by atoms with Gasteiger partial charge in [0.15, 0.2) is 0 Å². The summed E-state index contributed by atoms with van der Waals surface area (Å²) in [6.07, 6.45) is -1.64. The normalized spacial score (nSPS) is 23.2. The Morgan fingerprint density at radius 2 is 1.96 bits per heavy atom. The molecule has 1 aliphatic rings. The molecule has 0 amide bonds. The zero-order chi connectivity index (χ0) is 18.4. The molecule has 0 spiro atoms. The largest absolute Gasteiger partial charge is 0.508 e. The van der Waals surface area contributed by atoms with Gasteiger partial charge in [0.1, 0.15) is 17.7 Å². The number of carbonyl (C=O) groups is 1. The van der Waals surface area contributed by atoms with Gasteiger partial charge in [-0.15, -0.1) is 0 Å². The number of phenolic OH excluding ortho intramolecular Hbond substituents is 2. The number of alkyl halides is 2. The molecule has 5 nitrogen and oxygen atoms in total. The van der Waals surface area contributed by atoms with Crippen LogP contribution in [0.3, 0.4) is 0 Å². The van der Waals surface area contributed by atoms with Crippen molar-refractivity contribution in [2.75, 3.05) is 6.54 Å². The summed E-state index contributed by atoms with van der Waals surface area (Å²) in [6, 6.07) is 8.07. The summed E-state index contributed by atoms with van der Waals surface area (Å²) in [5.41, 5.74) is 3.94. The zero-order valence-corrected chi connectivity index (χ0v) is 13.1. The predicted molar refractivity (Wildman–Crippen MR) is 86.9 cm³/mol. The SMILES string of the molecule is NCC(F)c1ccc(O)c(-c2cc(O)ccc2C2C[C@]2(F)C(=O)O)c1. The number of halogens is 2. The Hall–Kier alpha value is -2.67. The lowest BCUT2D eigenvalue weighted by atomic mass is 9.92. The van der Waals surface area contributed by atoms with E-state index in [1.54, 1.807) is 0 Å². The van der Waals surface area contributed by atoms with Crippen LogP contribution in [0.4, 0.5) is 8.78 Å². The number of carboxylic acids is 1. The third kappa shape index (κ3) is 2.91. The minimum absolute atomic E-state index is 0.139. The molecule has 0 aliphatic heterocycles. The summed E-state index contributed by atoms with van der Waals surface area (Å²) in [6.45, 7) is -0.244. The van der Waals surface area contributed by atoms with E-state index in [9.17, 15) is 23.8 Å². The molecule has 1 fully saturated rings. The molecular formula is C18H17F2NO4. The Morgan fingerprint density at radius 1 is 1.24 bits per heavy atom. The van der Waals surface area contributed by atoms with Gasteiger partial charge in [-0.25, -0.2) is 13.6 Å². The number of hydrogen-bond donors (Lipinski definition) is 4. The number of carboxylic acid groups (broad SMARTS) is 1. The van der Waals surface area contributed by atoms with Crippen molar-refractivity contribution < 1.29 is 28.9 Å². The van der Waals surface area contributed by atoms with Crippen LogP contribution < -0.4 is 5.73 Å². The lowest BCUT2D eigenvalue weighted by molar-refractivity contribution is -0.144. The first kappa shape index (κ1) is 17.2. The summed E-state index contributed by atoms with van der Waals surface area (Å²) in [5.74, 6) is -2.79. The van der Waals surface area contributed by atoms with Crippen molar-refractivity contribution in [3.05, 3.63) is 47.5 Å². The van der Waals surface area contributed by atoms with E-state index in [2.05, 4.69) is 0 Å². The van der Waals surface area contributed by atoms with Gasteiger partial charge in [0.25, 0.3) is 0 Å². The van der Waals surface area contributed by atoms with Gasteiger partial charge in [-0.05, 0) is 41.0 Å². The number of hydrogen-bond acceptors (Lipinski definition) is 4. The molecule has 0 saturated heterocycles. The molecule has 1 aliphatic carbocycles. The lowest BCUT2D eigenvalue weighted by Crippen LogP contribution is -2.18. The van der Waals surface area contributed by atoms with E-state index >= 15 is 0 Å². The summed E-state index contributed by atoms with van der Waals surface area (Å²) in [7, 11) is 0. The summed E-state index contributed by atoms with van der Waals surface area (Å²) >= 11 is 0. The van der Waals surface area contributed by atoms with Gasteiger partial charge in [-0.3, -0.25) is 0 Å². The van der Waals surface area contributed by atoms with Gasteiger partial charge in [0, 0.05) is 24.4 Å². The second-order valence-electron chi connectivity index (χ2n) is 6.18. The Bertz CT molecular complexity index is 842. The number of aromatic hydroxyl groups is 2. The monoisotopic (exact) mass is 349 g/mol. The van der Waals surface area contributed by atoms with Gasteiger partial charge in [-0.2, -0.15) is 0 Å². The summed E-state index contributed by atoms with van der Waals surface area (Å²) in [4.78, 5) is 11.1. The van der Waals surface area contributed by atoms with E-state index in [4.69, 9.17) is 10.8 Å². The van der Waals surface area contributed by atoms with Crippen molar-refractivity contribution in [1.82, 2.24) is 0 Å². The minimum Gasteiger partial charge on any atom is -0.508 e. The third-order valence-corrected chi connectivity index (χ3v) is 4.54. The second kappa shape index (κ2) is 6.00. The van der Waals surface area contributed by atoms with Crippen LogP contribution in [-0.2, 0) is 4.79 Å². The minimum atomic E-state index is -2.38. The molecule has 2 aromatic rings. The van der Waals surface area contributed by atoms with Gasteiger partial charge in [0.2, 0.25) is 5.67 Å². The highest BCUT2D eigenvalue weighted by Gasteiger charge is 2.63. The quantitative estimate of drug-likeness (QED) is 0.664. The molecule has 132 valence electrons. The lowest BCUT2D eigenvalue weighted by Gasteiger charge is -2.15. The number of phenols is 2. The highest BCUT2D eigenvalue weighted by molar-refractivity contribution is 5.86. The first-order valence-corrected chi connectivity index (χ1v) is 7.70. The van der Waals surface area contributed by atoms with E-state index in [1.807, 2.05) is 0 Å². The Balaban J connectivity index is 2.12. The number of rotatable bonds is 5. The van der Waals surface area contributed by atoms with Crippen LogP contribution in [0.1, 0.15) is 29.6 Å². The molecule has 0 heterocycles. The Kier molecular flexibility index (Phi) is 4.12. The van der Waals surface area contributed by atoms with Gasteiger partial charge in [-0.1, -0.05) is 12.1 Å². The van der Waals surface area contributed by atoms with Crippen LogP contribution in [-0.4, -0.2) is 33.5 Å². The maximum Gasteiger partial charge on any atom is 0.342 e. The highest BCUT2D eigenvalue weighted by atomic mass is 19.1. The molecule has 5 N–H and O–H groups in total. The maximum absolute atomic E-state index is 14.3. The highest BCUT2D eigenvalue weighted by Crippen LogP contribution is 2.57. The van der Waals surface area contributed by atoms with Crippen LogP contribution in [0.5, 0.6) is 11.5 Å². The predicted octanol–water partition coefficient (Wildman–Crippen LogP) is 3.01. The number of benzene rings is 2. The molecular weight excluding hydrogens is 332 g/mol. The van der Waals surface area contributed by atoms with Crippen LogP contribution in [0.25, 0.3) is 11.1 Å². The summed E-state index contributed by atoms with van der Waals surface area (Å²) in [5, 5.41) is 29.0. The van der Waals surface area contributed by atoms with Crippen molar-refractivity contribution in [2.45, 2.75) is 24.2 Å². The molecule has 0 radical (unpaired) electrons. The van der Waals surface area contributed by atoms with Crippen molar-refractivity contribution in [3.63, 3.8) is 0 Å². The summed E-state index contributed by atoms with van der Waals surface area (Å²) < 4.78 is 28.2. The van der Waals surface area contributed by atoms with Crippen molar-refractivity contribution >= 4 is 5.97 Å². The maximum atomic E-state index is 14.3. The molecule has 0 bridgehead atoms. The Labute approximate surface area is 142 Å². The van der Waals surface area contributed by atoms with Crippen LogP contribution in [0.2, 0.25) is 0 Å². The van der Waals surface area contributed by atoms with Crippen molar-refractivity contribution in [1.29, 1.82) is 0 Å². The van der Waals surface area contributed by atoms with Crippen molar-refractivity contribution in [2.24, 2.45) is 5.73 Å². The topological polar surface area (TPSA) is 104 Å². The molecule has 25 heavy (non-hydrogen) atoms. The standard InChI is InChI=1S/C18H17F2NO4/c19-15(8-21)9-1-4-16(23)13(5-9)12-6-10(22)2-3-11(12)14-7-18(14,20)17(24)25/h1-6,14-15,22-23H,7-8,21H2,(H,24,25)/t14?,15?,18-/m1/s1. The van der Waals surface area contributed by atoms with E-state index in [0.717, 1.165) is 0 Å².